The molecule has 1 aliphatic carbocycles. The molecule has 1 saturated carbocycles. The van der Waals surface area contributed by atoms with Gasteiger partial charge in [-0.1, -0.05) is 6.42 Å². The van der Waals surface area contributed by atoms with E-state index in [1.807, 2.05) is 0 Å². The lowest BCUT2D eigenvalue weighted by Gasteiger charge is -2.41. The number of amides is 1. The number of hydrogen-bond donors (Lipinski definition) is 1. The number of nitrogens with one attached hydrogen (secondary N) is 1. The summed E-state index contributed by atoms with van der Waals surface area (Å²) < 4.78 is 66.3. The van der Waals surface area contributed by atoms with Gasteiger partial charge in [-0.2, -0.15) is 13.2 Å². The monoisotopic (exact) mass is 594 g/mol. The van der Waals surface area contributed by atoms with Gasteiger partial charge >= 0.3 is 6.18 Å². The van der Waals surface area contributed by atoms with Gasteiger partial charge in [0.15, 0.2) is 0 Å². The quantitative estimate of drug-likeness (QED) is 0.190. The molecule has 9 nitrogen and oxygen atoms in total. The van der Waals surface area contributed by atoms with Gasteiger partial charge in [0.2, 0.25) is 5.91 Å². The van der Waals surface area contributed by atoms with Crippen LogP contribution in [0.3, 0.4) is 0 Å². The molecule has 1 saturated heterocycles. The molecule has 42 heavy (non-hydrogen) atoms. The van der Waals surface area contributed by atoms with Crippen molar-refractivity contribution < 1.29 is 36.8 Å². The Labute approximate surface area is 240 Å². The Morgan fingerprint density at radius 1 is 1.14 bits per heavy atom. The van der Waals surface area contributed by atoms with E-state index >= 15 is 0 Å². The molecule has 1 N–H and O–H groups in total. The average Bonchev–Trinajstić information content (AvgIpc) is 3.39. The van der Waals surface area contributed by atoms with Crippen molar-refractivity contribution >= 4 is 17.3 Å². The van der Waals surface area contributed by atoms with Gasteiger partial charge in [0.05, 0.1) is 4.92 Å². The van der Waals surface area contributed by atoms with E-state index in [1.165, 1.54) is 18.2 Å². The predicted octanol–water partition coefficient (Wildman–Crippen LogP) is 5.38. The molecule has 2 aliphatic heterocycles. The number of nitro benzene ring substituents is 1. The van der Waals surface area contributed by atoms with Crippen LogP contribution < -0.4 is 10.1 Å². The topological polar surface area (TPSA) is 97.2 Å². The van der Waals surface area contributed by atoms with Gasteiger partial charge in [-0.3, -0.25) is 19.8 Å². The van der Waals surface area contributed by atoms with Crippen molar-refractivity contribution in [2.45, 2.75) is 69.5 Å². The van der Waals surface area contributed by atoms with Crippen LogP contribution in [0.25, 0.3) is 0 Å². The minimum Gasteiger partial charge on any atom is -0.488 e. The standard InChI is InChI=1S/C29H34F4N4O5/c1-19(26-16-20-15-21(30)5-8-25(20)42-26)35-11-13-36(14-12-35)27(38)18-41-28(9-3-2-4-10-28)34-22-6-7-24(37(39)40)23(17-22)29(31,32)33/h5-8,15,17,19,26,34H,2-4,9-14,16,18H2,1H3/t19-,26+/m0/s1. The summed E-state index contributed by atoms with van der Waals surface area (Å²) in [5, 5.41) is 14.2. The van der Waals surface area contributed by atoms with E-state index in [-0.39, 0.29) is 36.2 Å². The van der Waals surface area contributed by atoms with Gasteiger partial charge in [0.25, 0.3) is 5.69 Å². The normalized spacial score (nSPS) is 21.4. The molecule has 0 aromatic heterocycles. The molecule has 3 aliphatic rings. The molecular formula is C29H34F4N4O5. The lowest BCUT2D eigenvalue weighted by atomic mass is 9.91. The highest BCUT2D eigenvalue weighted by molar-refractivity contribution is 5.77. The summed E-state index contributed by atoms with van der Waals surface area (Å²) in [7, 11) is 0. The molecule has 2 atom stereocenters. The number of halogens is 4. The molecule has 5 rings (SSSR count). The van der Waals surface area contributed by atoms with Crippen LogP contribution in [-0.4, -0.2) is 71.3 Å². The predicted molar refractivity (Wildman–Crippen MR) is 146 cm³/mol. The van der Waals surface area contributed by atoms with E-state index in [0.29, 0.717) is 51.2 Å². The maximum Gasteiger partial charge on any atom is 0.423 e. The maximum absolute atomic E-state index is 13.6. The van der Waals surface area contributed by atoms with Crippen LogP contribution in [0, 0.1) is 15.9 Å². The third-order valence-electron chi connectivity index (χ3n) is 8.51. The van der Waals surface area contributed by atoms with E-state index in [9.17, 15) is 32.5 Å². The van der Waals surface area contributed by atoms with Crippen molar-refractivity contribution in [3.63, 3.8) is 0 Å². The van der Waals surface area contributed by atoms with Crippen LogP contribution in [0.4, 0.5) is 28.9 Å². The Balaban J connectivity index is 1.17. The Morgan fingerprint density at radius 2 is 1.86 bits per heavy atom. The van der Waals surface area contributed by atoms with Crippen molar-refractivity contribution in [3.05, 3.63) is 63.5 Å². The van der Waals surface area contributed by atoms with Gasteiger partial charge < -0.3 is 19.7 Å². The summed E-state index contributed by atoms with van der Waals surface area (Å²) in [4.78, 5) is 27.2. The van der Waals surface area contributed by atoms with E-state index in [4.69, 9.17) is 9.47 Å². The zero-order chi connectivity index (χ0) is 30.1. The molecule has 2 aromatic carbocycles. The molecule has 0 bridgehead atoms. The number of anilines is 1. The molecule has 0 spiro atoms. The number of nitro groups is 1. The van der Waals surface area contributed by atoms with Crippen LogP contribution >= 0.6 is 0 Å². The first-order chi connectivity index (χ1) is 19.9. The van der Waals surface area contributed by atoms with Gasteiger partial charge in [0, 0.05) is 56.0 Å². The summed E-state index contributed by atoms with van der Waals surface area (Å²) >= 11 is 0. The average molecular weight is 595 g/mol. The number of hydrogen-bond acceptors (Lipinski definition) is 7. The minimum atomic E-state index is -4.90. The molecule has 2 fully saturated rings. The number of piperazine rings is 1. The SMILES string of the molecule is C[C@@H]([C@H]1Cc2cc(F)ccc2O1)N1CCN(C(=O)COC2(Nc3ccc([N+](=O)[O-])c(C(F)(F)F)c3)CCCCC2)CC1. The van der Waals surface area contributed by atoms with Crippen LogP contribution in [0.15, 0.2) is 36.4 Å². The zero-order valence-electron chi connectivity index (χ0n) is 23.3. The highest BCUT2D eigenvalue weighted by atomic mass is 19.4. The fraction of sp³-hybridized carbons (Fsp3) is 0.552. The summed E-state index contributed by atoms with van der Waals surface area (Å²) in [6.45, 7) is 4.05. The molecule has 0 unspecified atom stereocenters. The van der Waals surface area contributed by atoms with Crippen molar-refractivity contribution in [3.8, 4) is 5.75 Å². The van der Waals surface area contributed by atoms with Crippen molar-refractivity contribution in [1.29, 1.82) is 0 Å². The molecule has 228 valence electrons. The molecule has 0 radical (unpaired) electrons. The molecule has 2 aromatic rings. The van der Waals surface area contributed by atoms with Crippen LogP contribution in [0.5, 0.6) is 5.75 Å². The lowest BCUT2D eigenvalue weighted by molar-refractivity contribution is -0.388. The third kappa shape index (κ3) is 6.62. The second-order valence-corrected chi connectivity index (χ2v) is 11.2. The van der Waals surface area contributed by atoms with Gasteiger partial charge in [0.1, 0.15) is 35.6 Å². The lowest BCUT2D eigenvalue weighted by Crippen LogP contribution is -2.55. The van der Waals surface area contributed by atoms with Crippen LogP contribution in [0.2, 0.25) is 0 Å². The molecule has 13 heteroatoms. The third-order valence-corrected chi connectivity index (χ3v) is 8.51. The number of benzene rings is 2. The molecular weight excluding hydrogens is 560 g/mol. The highest BCUT2D eigenvalue weighted by Gasteiger charge is 2.40. The largest absolute Gasteiger partial charge is 0.488 e. The maximum atomic E-state index is 13.6. The summed E-state index contributed by atoms with van der Waals surface area (Å²) in [5.41, 5.74) is -2.52. The summed E-state index contributed by atoms with van der Waals surface area (Å²) in [6, 6.07) is 7.40. The second-order valence-electron chi connectivity index (χ2n) is 11.2. The Hall–Kier alpha value is -3.45. The first kappa shape index (κ1) is 30.0. The second kappa shape index (κ2) is 12.0. The minimum absolute atomic E-state index is 0.0453. The number of ether oxygens (including phenoxy) is 2. The van der Waals surface area contributed by atoms with Crippen molar-refractivity contribution in [2.75, 3.05) is 38.1 Å². The first-order valence-corrected chi connectivity index (χ1v) is 14.2. The summed E-state index contributed by atoms with van der Waals surface area (Å²) in [6.07, 6.45) is -0.971. The smallest absolute Gasteiger partial charge is 0.423 e. The van der Waals surface area contributed by atoms with E-state index in [1.54, 1.807) is 11.0 Å². The fourth-order valence-corrected chi connectivity index (χ4v) is 6.11. The zero-order valence-corrected chi connectivity index (χ0v) is 23.3. The Bertz CT molecular complexity index is 1310. The Kier molecular flexibility index (Phi) is 8.61. The van der Waals surface area contributed by atoms with Gasteiger partial charge in [-0.05, 0) is 62.9 Å². The highest BCUT2D eigenvalue weighted by Crippen LogP contribution is 2.40. The summed E-state index contributed by atoms with van der Waals surface area (Å²) in [5.74, 6) is 0.200. The molecule has 1 amide bonds. The Morgan fingerprint density at radius 3 is 2.52 bits per heavy atom. The van der Waals surface area contributed by atoms with Crippen LogP contribution in [0.1, 0.15) is 50.2 Å². The van der Waals surface area contributed by atoms with E-state index in [2.05, 4.69) is 17.1 Å². The fourth-order valence-electron chi connectivity index (χ4n) is 6.11. The molecule has 2 heterocycles. The van der Waals surface area contributed by atoms with Crippen molar-refractivity contribution in [2.24, 2.45) is 0 Å². The van der Waals surface area contributed by atoms with E-state index in [0.717, 1.165) is 37.0 Å². The van der Waals surface area contributed by atoms with Crippen LogP contribution in [-0.2, 0) is 22.1 Å². The number of fused-ring (bicyclic) bond motifs is 1. The number of nitrogens with zero attached hydrogens (tertiary/aromatic N) is 3. The number of rotatable bonds is 8. The van der Waals surface area contributed by atoms with Crippen molar-refractivity contribution in [1.82, 2.24) is 9.80 Å². The number of carbonyl (C=O) groups is 1. The van der Waals surface area contributed by atoms with Gasteiger partial charge in [-0.15, -0.1) is 0 Å². The van der Waals surface area contributed by atoms with Gasteiger partial charge in [-0.25, -0.2) is 4.39 Å². The number of carbonyl (C=O) groups excluding carboxylic acids is 1. The first-order valence-electron chi connectivity index (χ1n) is 14.2. The van der Waals surface area contributed by atoms with E-state index < -0.39 is 28.1 Å². The number of alkyl halides is 3.